The second-order valence-electron chi connectivity index (χ2n) is 15.7. The van der Waals surface area contributed by atoms with Gasteiger partial charge in [0.25, 0.3) is 9.04 Å². The first-order valence-electron chi connectivity index (χ1n) is 18.8. The Labute approximate surface area is 333 Å². The van der Waals surface area contributed by atoms with Crippen LogP contribution in [0.15, 0.2) is 133 Å². The number of aliphatic hydroxyl groups excluding tert-OH is 1. The lowest BCUT2D eigenvalue weighted by molar-refractivity contribution is -0.0470. The lowest BCUT2D eigenvalue weighted by Gasteiger charge is -2.49. The van der Waals surface area contributed by atoms with Gasteiger partial charge >= 0.3 is 6.09 Å². The monoisotopic (exact) mass is 778 g/mol. The number of amides is 1. The van der Waals surface area contributed by atoms with E-state index in [1.807, 2.05) is 151 Å². The summed E-state index contributed by atoms with van der Waals surface area (Å²) in [6.45, 7) is 12.0. The summed E-state index contributed by atoms with van der Waals surface area (Å²) in [6.07, 6.45) is -0.00572. The zero-order valence-corrected chi connectivity index (χ0v) is 34.4. The summed E-state index contributed by atoms with van der Waals surface area (Å²) in [5.41, 5.74) is -0.419. The number of hydrogen-bond donors (Lipinski definition) is 2. The second-order valence-corrected chi connectivity index (χ2v) is 18.2. The summed E-state index contributed by atoms with van der Waals surface area (Å²) in [6, 6.07) is 43.4. The van der Waals surface area contributed by atoms with E-state index in [1.165, 1.54) is 0 Å². The maximum atomic E-state index is 13.5. The van der Waals surface area contributed by atoms with Crippen LogP contribution in [0.3, 0.4) is 0 Å². The average Bonchev–Trinajstić information content (AvgIpc) is 3.14. The number of carbonyl (C=O) groups is 1. The van der Waals surface area contributed by atoms with Crippen LogP contribution in [0.4, 0.5) is 4.79 Å². The first-order chi connectivity index (χ1) is 26.2. The molecule has 0 aromatic heterocycles. The number of aliphatic hydroxyl groups is 1. The molecule has 1 radical (unpaired) electrons. The van der Waals surface area contributed by atoms with E-state index in [9.17, 15) is 9.90 Å². The molecule has 9 heteroatoms. The maximum Gasteiger partial charge on any atom is 0.408 e. The van der Waals surface area contributed by atoms with E-state index >= 15 is 0 Å². The maximum absolute atomic E-state index is 13.5. The Morgan fingerprint density at radius 3 is 1.91 bits per heavy atom. The van der Waals surface area contributed by atoms with Crippen LogP contribution in [0.5, 0.6) is 17.2 Å². The molecule has 289 valence electrons. The molecule has 7 nitrogen and oxygen atoms in total. The molecule has 1 amide bonds. The number of alkyl carbamates (subject to hydrolysis) is 1. The largest absolute Gasteiger partial charge is 0.489 e. The summed E-state index contributed by atoms with van der Waals surface area (Å²) in [5, 5.41) is 18.0. The van der Waals surface area contributed by atoms with E-state index in [0.717, 1.165) is 21.5 Å². The molecule has 0 heterocycles. The van der Waals surface area contributed by atoms with Gasteiger partial charge in [0.2, 0.25) is 0 Å². The fraction of sp³-hybridized carbons (Fsp3) is 0.326. The van der Waals surface area contributed by atoms with Crippen LogP contribution in [0, 0.1) is 5.41 Å². The van der Waals surface area contributed by atoms with Crippen molar-refractivity contribution in [2.45, 2.75) is 84.7 Å². The van der Waals surface area contributed by atoms with E-state index in [4.69, 9.17) is 30.2 Å². The third kappa shape index (κ3) is 11.9. The van der Waals surface area contributed by atoms with E-state index in [-0.39, 0.29) is 6.61 Å². The predicted molar refractivity (Wildman–Crippen MR) is 223 cm³/mol. The van der Waals surface area contributed by atoms with E-state index in [1.54, 1.807) is 0 Å². The van der Waals surface area contributed by atoms with Crippen molar-refractivity contribution < 1.29 is 28.5 Å². The highest BCUT2D eigenvalue weighted by atomic mass is 35.5. The summed E-state index contributed by atoms with van der Waals surface area (Å²) in [5.74, 6) is 1.95. The van der Waals surface area contributed by atoms with Crippen molar-refractivity contribution in [2.75, 3.05) is 6.61 Å². The molecule has 0 aliphatic heterocycles. The Balaban J connectivity index is 1.30. The molecule has 5 aromatic carbocycles. The van der Waals surface area contributed by atoms with Gasteiger partial charge in [0.15, 0.2) is 0 Å². The van der Waals surface area contributed by atoms with E-state index in [2.05, 4.69) is 29.6 Å². The van der Waals surface area contributed by atoms with Crippen LogP contribution in [0.1, 0.15) is 65.5 Å². The Hall–Kier alpha value is -4.60. The Morgan fingerprint density at radius 2 is 1.33 bits per heavy atom. The zero-order chi connectivity index (χ0) is 39.5. The van der Waals surface area contributed by atoms with E-state index < -0.39 is 37.8 Å². The molecule has 0 aliphatic rings. The van der Waals surface area contributed by atoms with E-state index in [0.29, 0.717) is 48.1 Å². The van der Waals surface area contributed by atoms with Crippen LogP contribution in [0.2, 0.25) is 5.02 Å². The van der Waals surface area contributed by atoms with Crippen molar-refractivity contribution in [3.8, 4) is 17.2 Å². The molecular formula is C46H53ClNO6Si. The molecule has 5 aromatic rings. The van der Waals surface area contributed by atoms with Crippen LogP contribution in [0.25, 0.3) is 0 Å². The van der Waals surface area contributed by atoms with Gasteiger partial charge in [0, 0.05) is 11.1 Å². The summed E-state index contributed by atoms with van der Waals surface area (Å²) in [7, 11) is -1.71. The van der Waals surface area contributed by atoms with Crippen molar-refractivity contribution in [3.05, 3.63) is 150 Å². The highest BCUT2D eigenvalue weighted by molar-refractivity contribution is 6.80. The number of nitrogens with one attached hydrogen (secondary N) is 1. The number of ether oxygens (including phenoxy) is 3. The minimum absolute atomic E-state index is 0.0104. The second kappa shape index (κ2) is 18.8. The van der Waals surface area contributed by atoms with Crippen molar-refractivity contribution in [1.82, 2.24) is 5.32 Å². The lowest BCUT2D eigenvalue weighted by Crippen LogP contribution is -2.66. The molecule has 0 bridgehead atoms. The number of aryl methyl sites for hydroxylation is 1. The Morgan fingerprint density at radius 1 is 0.745 bits per heavy atom. The van der Waals surface area contributed by atoms with Crippen LogP contribution < -0.4 is 25.2 Å². The topological polar surface area (TPSA) is 86.3 Å². The number of carbonyl (C=O) groups excluding carboxylic acids is 1. The van der Waals surface area contributed by atoms with Crippen LogP contribution in [-0.4, -0.2) is 44.1 Å². The molecule has 0 fully saturated rings. The van der Waals surface area contributed by atoms with Gasteiger partial charge in [-0.3, -0.25) is 0 Å². The highest BCUT2D eigenvalue weighted by Gasteiger charge is 2.49. The van der Waals surface area contributed by atoms with Gasteiger partial charge in [-0.15, -0.1) is 0 Å². The number of hydrogen-bond acceptors (Lipinski definition) is 6. The third-order valence-corrected chi connectivity index (χ3v) is 11.9. The molecule has 0 saturated carbocycles. The molecule has 0 saturated heterocycles. The minimum Gasteiger partial charge on any atom is -0.489 e. The molecular weight excluding hydrogens is 726 g/mol. The SMILES string of the molecule is CC(C)(C)OC(=O)NC(CCCc1ccc(Oc2cccc(OCc3ccccc3)c2)cc1Cl)(C(O)CO[Si](c1ccccc1)c1ccccc1)C(C)(C)C. The normalized spacial score (nSPS) is 13.5. The molecule has 55 heavy (non-hydrogen) atoms. The van der Waals surface area contributed by atoms with Gasteiger partial charge in [-0.05, 0) is 91.2 Å². The first kappa shape index (κ1) is 41.6. The quantitative estimate of drug-likeness (QED) is 0.0972. The molecule has 2 N–H and O–H groups in total. The summed E-state index contributed by atoms with van der Waals surface area (Å²) < 4.78 is 24.6. The zero-order valence-electron chi connectivity index (χ0n) is 32.7. The fourth-order valence-electron chi connectivity index (χ4n) is 6.53. The van der Waals surface area contributed by atoms with Gasteiger partial charge in [-0.25, -0.2) is 4.79 Å². The Bertz CT molecular complexity index is 1910. The van der Waals surface area contributed by atoms with Gasteiger partial charge < -0.3 is 29.1 Å². The summed E-state index contributed by atoms with van der Waals surface area (Å²) in [4.78, 5) is 13.5. The average molecular weight is 779 g/mol. The van der Waals surface area contributed by atoms with Gasteiger partial charge in [-0.2, -0.15) is 0 Å². The van der Waals surface area contributed by atoms with Crippen LogP contribution >= 0.6 is 11.6 Å². The van der Waals surface area contributed by atoms with Gasteiger partial charge in [-0.1, -0.05) is 136 Å². The number of halogens is 1. The molecule has 2 unspecified atom stereocenters. The summed E-state index contributed by atoms with van der Waals surface area (Å²) >= 11 is 6.84. The molecule has 5 rings (SSSR count). The predicted octanol–water partition coefficient (Wildman–Crippen LogP) is 9.53. The molecule has 0 aliphatic carbocycles. The smallest absolute Gasteiger partial charge is 0.408 e. The van der Waals surface area contributed by atoms with Gasteiger partial charge in [0.05, 0.1) is 18.2 Å². The lowest BCUT2D eigenvalue weighted by atomic mass is 9.67. The highest BCUT2D eigenvalue weighted by Crippen LogP contribution is 2.39. The van der Waals surface area contributed by atoms with Gasteiger partial charge in [0.1, 0.15) is 29.5 Å². The number of rotatable bonds is 16. The standard InChI is InChI=1S/C46H53ClNO6Si/c1-44(2,3)46(48-43(50)54-45(4,5)6,42(49)33-52-55(39-23-12-8-13-24-39)40-25-14-9-15-26-40)29-17-20-35-27-28-38(31-41(35)47)53-37-22-16-21-36(30-37)51-32-34-18-10-7-11-19-34/h7-16,18-19,21-28,30-31,42,49H,17,20,29,32-33H2,1-6H3,(H,48,50). The molecule has 2 atom stereocenters. The molecule has 0 spiro atoms. The van der Waals surface area contributed by atoms with Crippen molar-refractivity contribution in [3.63, 3.8) is 0 Å². The first-order valence-corrected chi connectivity index (χ1v) is 20.5. The third-order valence-electron chi connectivity index (χ3n) is 9.42. The van der Waals surface area contributed by atoms with Crippen molar-refractivity contribution >= 4 is 37.1 Å². The van der Waals surface area contributed by atoms with Crippen molar-refractivity contribution in [1.29, 1.82) is 0 Å². The fourth-order valence-corrected chi connectivity index (χ4v) is 8.78. The number of benzene rings is 5. The minimum atomic E-state index is -1.71. The Kier molecular flexibility index (Phi) is 14.2. The van der Waals surface area contributed by atoms with Crippen LogP contribution in [-0.2, 0) is 22.2 Å². The van der Waals surface area contributed by atoms with Crippen molar-refractivity contribution in [2.24, 2.45) is 5.41 Å².